The molecule has 232 valence electrons. The van der Waals surface area contributed by atoms with Crippen LogP contribution < -0.4 is 5.73 Å². The van der Waals surface area contributed by atoms with Crippen molar-refractivity contribution in [3.8, 4) is 33.0 Å². The van der Waals surface area contributed by atoms with Crippen LogP contribution in [0.5, 0.6) is 0 Å². The van der Waals surface area contributed by atoms with Crippen LogP contribution in [0.3, 0.4) is 0 Å². The molecule has 0 aliphatic carbocycles. The van der Waals surface area contributed by atoms with Gasteiger partial charge >= 0.3 is 0 Å². The highest BCUT2D eigenvalue weighted by Crippen LogP contribution is 2.43. The van der Waals surface area contributed by atoms with Crippen molar-refractivity contribution in [1.82, 2.24) is 19.2 Å². The number of halogens is 1. The van der Waals surface area contributed by atoms with Crippen molar-refractivity contribution < 1.29 is 9.18 Å². The maximum Gasteiger partial charge on any atom is 0.258 e. The fourth-order valence-corrected chi connectivity index (χ4v) is 7.31. The number of imidazole rings is 1. The number of hydrogen-bond acceptors (Lipinski definition) is 4. The van der Waals surface area contributed by atoms with Crippen molar-refractivity contribution in [2.75, 3.05) is 0 Å². The van der Waals surface area contributed by atoms with Gasteiger partial charge in [-0.05, 0) is 65.2 Å². The predicted molar refractivity (Wildman–Crippen MR) is 188 cm³/mol. The smallest absolute Gasteiger partial charge is 0.258 e. The van der Waals surface area contributed by atoms with Crippen LogP contribution in [-0.2, 0) is 5.54 Å². The number of nitrogens with two attached hydrogens (primary N) is 1. The van der Waals surface area contributed by atoms with E-state index < -0.39 is 11.4 Å². The summed E-state index contributed by atoms with van der Waals surface area (Å²) >= 11 is 1.33. The van der Waals surface area contributed by atoms with Gasteiger partial charge in [0.05, 0.1) is 21.6 Å². The van der Waals surface area contributed by atoms with Crippen LogP contribution >= 0.6 is 11.3 Å². The van der Waals surface area contributed by atoms with Gasteiger partial charge in [0.1, 0.15) is 22.7 Å². The van der Waals surface area contributed by atoms with Gasteiger partial charge in [-0.2, -0.15) is 5.10 Å². The lowest BCUT2D eigenvalue weighted by atomic mass is 9.77. The summed E-state index contributed by atoms with van der Waals surface area (Å²) in [5, 5.41) is 5.38. The number of rotatable bonds is 8. The molecule has 0 atom stereocenters. The van der Waals surface area contributed by atoms with Gasteiger partial charge in [0.2, 0.25) is 0 Å². The lowest BCUT2D eigenvalue weighted by molar-refractivity contribution is 0.100. The second-order valence-electron chi connectivity index (χ2n) is 11.5. The highest BCUT2D eigenvalue weighted by Gasteiger charge is 2.40. The maximum atomic E-state index is 14.2. The number of hydrogen-bond donors (Lipinski definition) is 1. The number of carbonyl (C=O) groups excluding carboxylic acids is 1. The van der Waals surface area contributed by atoms with Gasteiger partial charge in [0, 0.05) is 29.1 Å². The molecule has 0 unspecified atom stereocenters. The Morgan fingerprint density at radius 1 is 0.688 bits per heavy atom. The molecule has 4 aromatic heterocycles. The Hall–Kier alpha value is -6.12. The van der Waals surface area contributed by atoms with Crippen molar-refractivity contribution >= 4 is 22.9 Å². The van der Waals surface area contributed by atoms with Crippen LogP contribution in [0.2, 0.25) is 0 Å². The molecule has 1 amide bonds. The molecule has 4 aromatic carbocycles. The van der Waals surface area contributed by atoms with E-state index >= 15 is 0 Å². The molecule has 0 spiro atoms. The number of thiophene rings is 1. The molecule has 4 heterocycles. The summed E-state index contributed by atoms with van der Waals surface area (Å²) in [7, 11) is 0. The molecule has 0 bridgehead atoms. The Kier molecular flexibility index (Phi) is 7.27. The summed E-state index contributed by atoms with van der Waals surface area (Å²) in [6.07, 6.45) is 5.91. The first kappa shape index (κ1) is 29.3. The van der Waals surface area contributed by atoms with Crippen molar-refractivity contribution in [3.63, 3.8) is 0 Å². The van der Waals surface area contributed by atoms with E-state index in [0.717, 1.165) is 49.6 Å². The molecule has 8 rings (SSSR count). The molecule has 6 nitrogen and oxygen atoms in total. The Morgan fingerprint density at radius 3 is 1.83 bits per heavy atom. The standard InChI is InChI=1S/C40H28FN5OS/c41-32-19-16-27(17-20-32)38-33(28-18-23-37-43-24-34(45(37)25-28)35-21-22-36(48-35)39(42)47)26-46(44-38)40(29-10-4-1-5-11-29,30-12-6-2-7-13-30)31-14-8-3-9-15-31/h1-26H,(H2,42,47). The van der Waals surface area contributed by atoms with Crippen LogP contribution in [0.25, 0.3) is 38.6 Å². The van der Waals surface area contributed by atoms with Crippen LogP contribution in [-0.4, -0.2) is 25.1 Å². The summed E-state index contributed by atoms with van der Waals surface area (Å²) in [5.74, 6) is -0.779. The first-order valence-corrected chi connectivity index (χ1v) is 16.2. The molecule has 8 aromatic rings. The van der Waals surface area contributed by atoms with Crippen molar-refractivity contribution in [3.05, 3.63) is 186 Å². The fraction of sp³-hybridized carbons (Fsp3) is 0.0250. The van der Waals surface area contributed by atoms with E-state index in [-0.39, 0.29) is 5.82 Å². The first-order chi connectivity index (χ1) is 23.5. The zero-order valence-corrected chi connectivity index (χ0v) is 26.4. The van der Waals surface area contributed by atoms with Gasteiger partial charge in [-0.15, -0.1) is 11.3 Å². The SMILES string of the molecule is NC(=O)c1ccc(-c2cnc3ccc(-c4cn(C(c5ccccc5)(c5ccccc5)c5ccccc5)nc4-c4ccc(F)cc4)cn23)s1. The average Bonchev–Trinajstić information content (AvgIpc) is 3.90. The number of nitrogens with zero attached hydrogens (tertiary/aromatic N) is 4. The van der Waals surface area contributed by atoms with E-state index in [4.69, 9.17) is 10.8 Å². The monoisotopic (exact) mass is 645 g/mol. The Labute approximate surface area is 280 Å². The molecule has 0 saturated heterocycles. The molecule has 0 saturated carbocycles. The predicted octanol–water partition coefficient (Wildman–Crippen LogP) is 8.67. The van der Waals surface area contributed by atoms with Gasteiger partial charge in [0.15, 0.2) is 0 Å². The molecule has 48 heavy (non-hydrogen) atoms. The van der Waals surface area contributed by atoms with E-state index in [1.807, 2.05) is 88.1 Å². The highest BCUT2D eigenvalue weighted by molar-refractivity contribution is 7.17. The minimum absolute atomic E-state index is 0.317. The Morgan fingerprint density at radius 2 is 1.27 bits per heavy atom. The second-order valence-corrected chi connectivity index (χ2v) is 12.6. The molecule has 0 radical (unpaired) electrons. The third kappa shape index (κ3) is 4.90. The number of amides is 1. The second kappa shape index (κ2) is 11.9. The van der Waals surface area contributed by atoms with Crippen LogP contribution in [0.1, 0.15) is 26.4 Å². The lowest BCUT2D eigenvalue weighted by Gasteiger charge is -2.36. The minimum atomic E-state index is -0.844. The third-order valence-electron chi connectivity index (χ3n) is 8.67. The molecule has 0 aliphatic rings. The first-order valence-electron chi connectivity index (χ1n) is 15.4. The van der Waals surface area contributed by atoms with Crippen LogP contribution in [0.15, 0.2) is 158 Å². The summed E-state index contributed by atoms with van der Waals surface area (Å²) in [6.45, 7) is 0. The lowest BCUT2D eigenvalue weighted by Crippen LogP contribution is -2.38. The molecular weight excluding hydrogens is 618 g/mol. The number of pyridine rings is 1. The number of primary amides is 1. The normalized spacial score (nSPS) is 11.6. The maximum absolute atomic E-state index is 14.2. The minimum Gasteiger partial charge on any atom is -0.365 e. The van der Waals surface area contributed by atoms with Gasteiger partial charge in [-0.1, -0.05) is 91.0 Å². The van der Waals surface area contributed by atoms with Gasteiger partial charge in [-0.3, -0.25) is 13.9 Å². The van der Waals surface area contributed by atoms with E-state index in [1.54, 1.807) is 24.4 Å². The van der Waals surface area contributed by atoms with Crippen molar-refractivity contribution in [2.45, 2.75) is 5.54 Å². The number of fused-ring (bicyclic) bond motifs is 1. The largest absolute Gasteiger partial charge is 0.365 e. The topological polar surface area (TPSA) is 78.2 Å². The van der Waals surface area contributed by atoms with Crippen molar-refractivity contribution in [1.29, 1.82) is 0 Å². The molecule has 8 heteroatoms. The Bertz CT molecular complexity index is 2280. The van der Waals surface area contributed by atoms with Gasteiger partial charge < -0.3 is 5.73 Å². The van der Waals surface area contributed by atoms with Gasteiger partial charge in [0.25, 0.3) is 5.91 Å². The molecule has 2 N–H and O–H groups in total. The average molecular weight is 646 g/mol. The summed E-state index contributed by atoms with van der Waals surface area (Å²) in [5.41, 5.74) is 12.7. The summed E-state index contributed by atoms with van der Waals surface area (Å²) < 4.78 is 18.3. The van der Waals surface area contributed by atoms with Gasteiger partial charge in [-0.25, -0.2) is 9.37 Å². The molecular formula is C40H28FN5OS. The quantitative estimate of drug-likeness (QED) is 0.168. The molecule has 0 aliphatic heterocycles. The summed E-state index contributed by atoms with van der Waals surface area (Å²) in [4.78, 5) is 17.8. The Balaban J connectivity index is 1.41. The molecule has 0 fully saturated rings. The van der Waals surface area contributed by atoms with Crippen LogP contribution in [0, 0.1) is 5.82 Å². The highest BCUT2D eigenvalue weighted by atomic mass is 32.1. The number of aromatic nitrogens is 4. The third-order valence-corrected chi connectivity index (χ3v) is 9.79. The van der Waals surface area contributed by atoms with E-state index in [0.29, 0.717) is 10.6 Å². The fourth-order valence-electron chi connectivity index (χ4n) is 6.44. The van der Waals surface area contributed by atoms with E-state index in [1.165, 1.54) is 23.5 Å². The zero-order chi connectivity index (χ0) is 32.7. The van der Waals surface area contributed by atoms with Crippen molar-refractivity contribution in [2.24, 2.45) is 5.73 Å². The van der Waals surface area contributed by atoms with E-state index in [2.05, 4.69) is 47.6 Å². The summed E-state index contributed by atoms with van der Waals surface area (Å²) in [6, 6.07) is 45.1. The van der Waals surface area contributed by atoms with Crippen LogP contribution in [0.4, 0.5) is 4.39 Å². The number of carbonyl (C=O) groups is 1. The van der Waals surface area contributed by atoms with E-state index in [9.17, 15) is 9.18 Å². The number of benzene rings is 4. The zero-order valence-electron chi connectivity index (χ0n) is 25.6.